The summed E-state index contributed by atoms with van der Waals surface area (Å²) in [6, 6.07) is 20.4. The van der Waals surface area contributed by atoms with E-state index in [0.717, 1.165) is 5.56 Å². The Balaban J connectivity index is 1.38. The van der Waals surface area contributed by atoms with Gasteiger partial charge in [0.15, 0.2) is 10.8 Å². The van der Waals surface area contributed by atoms with Gasteiger partial charge in [0.05, 0.1) is 16.8 Å². The van der Waals surface area contributed by atoms with Crippen LogP contribution in [0.4, 0.5) is 11.4 Å². The molecule has 1 aliphatic heterocycles. The Morgan fingerprint density at radius 3 is 2.13 bits per heavy atom. The molecule has 0 radical (unpaired) electrons. The number of hydrogen-bond acceptors (Lipinski definition) is 5. The molecule has 3 amide bonds. The van der Waals surface area contributed by atoms with Crippen molar-refractivity contribution >= 4 is 29.1 Å². The van der Waals surface area contributed by atoms with Crippen molar-refractivity contribution in [3.63, 3.8) is 0 Å². The maximum absolute atomic E-state index is 12.4. The van der Waals surface area contributed by atoms with E-state index in [1.807, 2.05) is 0 Å². The van der Waals surface area contributed by atoms with Crippen LogP contribution in [0.3, 0.4) is 0 Å². The first-order valence-electron chi connectivity index (χ1n) is 9.59. The van der Waals surface area contributed by atoms with Crippen molar-refractivity contribution in [3.05, 3.63) is 95.1 Å². The Bertz CT molecular complexity index is 1210. The van der Waals surface area contributed by atoms with Crippen molar-refractivity contribution < 1.29 is 14.4 Å². The van der Waals surface area contributed by atoms with Crippen LogP contribution in [0.1, 0.15) is 36.6 Å². The zero-order valence-electron chi connectivity index (χ0n) is 16.4. The SMILES string of the molecule is Nc1ccccc1N=[N+]=NC(=O)c1ccc(CCN2C(=O)c3ccccc3C2=O)cc1. The van der Waals surface area contributed by atoms with Gasteiger partial charge in [-0.1, -0.05) is 36.4 Å². The molecule has 3 aromatic rings. The number of carbonyl (C=O) groups excluding carboxylic acids is 3. The summed E-state index contributed by atoms with van der Waals surface area (Å²) in [7, 11) is 0. The lowest BCUT2D eigenvalue weighted by atomic mass is 10.1. The molecular weight excluding hydrogens is 394 g/mol. The number of hydrogen-bond donors (Lipinski definition) is 1. The van der Waals surface area contributed by atoms with E-state index in [9.17, 15) is 14.4 Å². The van der Waals surface area contributed by atoms with Gasteiger partial charge in [-0.15, -0.1) is 0 Å². The monoisotopic (exact) mass is 412 g/mol. The maximum atomic E-state index is 12.4. The second-order valence-corrected chi connectivity index (χ2v) is 6.91. The fourth-order valence-corrected chi connectivity index (χ4v) is 3.24. The maximum Gasteiger partial charge on any atom is 0.360 e. The first kappa shape index (κ1) is 19.9. The third-order valence-corrected chi connectivity index (χ3v) is 4.93. The molecule has 4 rings (SSSR count). The lowest BCUT2D eigenvalue weighted by Gasteiger charge is -2.13. The molecule has 1 heterocycles. The van der Waals surface area contributed by atoms with E-state index in [2.05, 4.69) is 15.1 Å². The van der Waals surface area contributed by atoms with Gasteiger partial charge in [0.25, 0.3) is 11.8 Å². The molecule has 0 aliphatic carbocycles. The Morgan fingerprint density at radius 1 is 0.871 bits per heavy atom. The highest BCUT2D eigenvalue weighted by molar-refractivity contribution is 6.21. The largest absolute Gasteiger partial charge is 0.397 e. The first-order valence-corrected chi connectivity index (χ1v) is 9.59. The number of carbonyl (C=O) groups is 3. The summed E-state index contributed by atoms with van der Waals surface area (Å²) in [6.45, 7) is 0.261. The molecule has 2 N–H and O–H groups in total. The van der Waals surface area contributed by atoms with Crippen LogP contribution in [-0.2, 0) is 6.42 Å². The van der Waals surface area contributed by atoms with Crippen molar-refractivity contribution in [2.45, 2.75) is 6.42 Å². The topological polar surface area (TPSA) is 119 Å². The van der Waals surface area contributed by atoms with Gasteiger partial charge in [-0.25, -0.2) is 0 Å². The van der Waals surface area contributed by atoms with Crippen LogP contribution < -0.4 is 10.6 Å². The molecule has 0 bridgehead atoms. The average molecular weight is 412 g/mol. The van der Waals surface area contributed by atoms with E-state index in [1.54, 1.807) is 72.8 Å². The number of benzene rings is 3. The summed E-state index contributed by atoms with van der Waals surface area (Å²) in [5.74, 6) is -1.10. The Morgan fingerprint density at radius 2 is 1.48 bits per heavy atom. The van der Waals surface area contributed by atoms with Crippen LogP contribution in [0.25, 0.3) is 0 Å². The highest BCUT2D eigenvalue weighted by Gasteiger charge is 2.34. The van der Waals surface area contributed by atoms with E-state index in [0.29, 0.717) is 34.5 Å². The molecule has 1 aliphatic rings. The molecule has 0 saturated heterocycles. The van der Waals surface area contributed by atoms with E-state index >= 15 is 0 Å². The van der Waals surface area contributed by atoms with Crippen molar-refractivity contribution in [2.75, 3.05) is 12.3 Å². The van der Waals surface area contributed by atoms with E-state index in [4.69, 9.17) is 5.73 Å². The summed E-state index contributed by atoms with van der Waals surface area (Å²) < 4.78 is 0. The lowest BCUT2D eigenvalue weighted by molar-refractivity contribution is 0.0656. The fourth-order valence-electron chi connectivity index (χ4n) is 3.24. The predicted molar refractivity (Wildman–Crippen MR) is 114 cm³/mol. The first-order chi connectivity index (χ1) is 15.0. The predicted octanol–water partition coefficient (Wildman–Crippen LogP) is 3.55. The fraction of sp³-hybridized carbons (Fsp3) is 0.0870. The average Bonchev–Trinajstić information content (AvgIpc) is 3.04. The highest BCUT2D eigenvalue weighted by Crippen LogP contribution is 2.23. The second-order valence-electron chi connectivity index (χ2n) is 6.91. The summed E-state index contributed by atoms with van der Waals surface area (Å²) in [4.78, 5) is 41.8. The molecule has 8 nitrogen and oxygen atoms in total. The van der Waals surface area contributed by atoms with E-state index in [-0.39, 0.29) is 18.4 Å². The number of para-hydroxylation sites is 1. The van der Waals surface area contributed by atoms with Gasteiger partial charge in [0, 0.05) is 12.1 Å². The van der Waals surface area contributed by atoms with Gasteiger partial charge >= 0.3 is 5.91 Å². The molecule has 152 valence electrons. The quantitative estimate of drug-likeness (QED) is 0.298. The van der Waals surface area contributed by atoms with E-state index < -0.39 is 5.91 Å². The Labute approximate surface area is 177 Å². The number of nitrogen functional groups attached to an aromatic ring is 1. The number of fused-ring (bicyclic) bond motifs is 1. The molecule has 0 fully saturated rings. The number of nitrogens with zero attached hydrogens (tertiary/aromatic N) is 4. The number of anilines is 1. The van der Waals surface area contributed by atoms with E-state index in [1.165, 1.54) is 4.90 Å². The third kappa shape index (κ3) is 4.14. The number of amides is 3. The van der Waals surface area contributed by atoms with Crippen molar-refractivity contribution in [3.8, 4) is 0 Å². The molecule has 0 aromatic heterocycles. The molecule has 31 heavy (non-hydrogen) atoms. The van der Waals surface area contributed by atoms with Crippen LogP contribution in [0.5, 0.6) is 0 Å². The van der Waals surface area contributed by atoms with Gasteiger partial charge in [-0.05, 0) is 48.4 Å². The molecule has 0 saturated carbocycles. The van der Waals surface area contributed by atoms with Crippen LogP contribution in [0.15, 0.2) is 83.0 Å². The van der Waals surface area contributed by atoms with Crippen molar-refractivity contribution in [2.24, 2.45) is 10.2 Å². The second kappa shape index (κ2) is 8.52. The number of imide groups is 1. The van der Waals surface area contributed by atoms with Crippen LogP contribution in [-0.4, -0.2) is 29.2 Å². The highest BCUT2D eigenvalue weighted by atomic mass is 16.2. The van der Waals surface area contributed by atoms with Crippen molar-refractivity contribution in [1.82, 2.24) is 9.81 Å². The normalized spacial score (nSPS) is 12.3. The Kier molecular flexibility index (Phi) is 5.47. The van der Waals surface area contributed by atoms with Crippen LogP contribution >= 0.6 is 0 Å². The summed E-state index contributed by atoms with van der Waals surface area (Å²) in [6.07, 6.45) is 0.476. The standard InChI is InChI=1S/C23H17N5O3/c24-19-7-3-4-8-20(19)25-27-26-21(29)16-11-9-15(10-12-16)13-14-28-22(30)17-5-1-2-6-18(17)23(28)31/h1-12,24H,13-14H2/p+1. The minimum absolute atomic E-state index is 0.261. The van der Waals surface area contributed by atoms with Gasteiger partial charge in [-0.2, -0.15) is 0 Å². The zero-order chi connectivity index (χ0) is 21.8. The molecule has 0 unspecified atom stereocenters. The lowest BCUT2D eigenvalue weighted by Crippen LogP contribution is -2.31. The van der Waals surface area contributed by atoms with Crippen LogP contribution in [0.2, 0.25) is 0 Å². The summed E-state index contributed by atoms with van der Waals surface area (Å²) in [5.41, 5.74) is 8.73. The molecule has 8 heteroatoms. The third-order valence-electron chi connectivity index (χ3n) is 4.93. The van der Waals surface area contributed by atoms with Gasteiger partial charge < -0.3 is 5.73 Å². The molecule has 3 aromatic carbocycles. The van der Waals surface area contributed by atoms with Crippen molar-refractivity contribution in [1.29, 1.82) is 0 Å². The summed E-state index contributed by atoms with van der Waals surface area (Å²) in [5, 5.41) is 7.42. The number of rotatable bonds is 5. The van der Waals surface area contributed by atoms with Crippen LogP contribution in [0, 0.1) is 0 Å². The molecule has 0 atom stereocenters. The summed E-state index contributed by atoms with van der Waals surface area (Å²) >= 11 is 0. The minimum atomic E-state index is -0.537. The minimum Gasteiger partial charge on any atom is -0.397 e. The van der Waals surface area contributed by atoms with Gasteiger partial charge in [0.1, 0.15) is 0 Å². The molecule has 0 spiro atoms. The smallest absolute Gasteiger partial charge is 0.360 e. The molecular formula is C23H18N5O3+. The Hall–Kier alpha value is -4.42. The number of nitrogens with two attached hydrogens (primary N) is 1. The van der Waals surface area contributed by atoms with Gasteiger partial charge in [-0.3, -0.25) is 19.3 Å². The van der Waals surface area contributed by atoms with Gasteiger partial charge in [0.2, 0.25) is 10.0 Å². The zero-order valence-corrected chi connectivity index (χ0v) is 16.4.